The number of nitrogens with one attached hydrogen (secondary N) is 2. The molecule has 0 saturated heterocycles. The van der Waals surface area contributed by atoms with Gasteiger partial charge in [-0.3, -0.25) is 4.79 Å². The molecule has 2 N–H and O–H groups in total. The van der Waals surface area contributed by atoms with Crippen LogP contribution in [0.4, 0.5) is 5.82 Å². The van der Waals surface area contributed by atoms with Gasteiger partial charge in [0.1, 0.15) is 11.5 Å². The fourth-order valence-corrected chi connectivity index (χ4v) is 2.55. The molecule has 3 aromatic rings. The summed E-state index contributed by atoms with van der Waals surface area (Å²) in [4.78, 5) is 20.7. The van der Waals surface area contributed by atoms with Crippen molar-refractivity contribution in [3.05, 3.63) is 89.4 Å². The molecule has 0 aliphatic rings. The zero-order chi connectivity index (χ0) is 18.4. The van der Waals surface area contributed by atoms with Gasteiger partial charge >= 0.3 is 0 Å². The number of carbonyl (C=O) groups excluding carboxylic acids is 1. The van der Waals surface area contributed by atoms with Gasteiger partial charge in [-0.15, -0.1) is 0 Å². The zero-order valence-corrected chi connectivity index (χ0v) is 14.9. The van der Waals surface area contributed by atoms with Crippen LogP contribution in [-0.2, 0) is 6.54 Å². The molecule has 1 unspecified atom stereocenters. The van der Waals surface area contributed by atoms with Gasteiger partial charge in [0.05, 0.1) is 12.4 Å². The SMILES string of the molecule is Cc1ccc(CNC(=O)c2cnc(NC(C)c3ccccc3)cn2)cc1. The lowest BCUT2D eigenvalue weighted by Crippen LogP contribution is -2.24. The Morgan fingerprint density at radius 3 is 2.38 bits per heavy atom. The van der Waals surface area contributed by atoms with Gasteiger partial charge in [-0.2, -0.15) is 0 Å². The lowest BCUT2D eigenvalue weighted by molar-refractivity contribution is 0.0945. The van der Waals surface area contributed by atoms with E-state index in [-0.39, 0.29) is 11.9 Å². The summed E-state index contributed by atoms with van der Waals surface area (Å²) in [5, 5.41) is 6.14. The van der Waals surface area contributed by atoms with Crippen molar-refractivity contribution in [1.82, 2.24) is 15.3 Å². The van der Waals surface area contributed by atoms with Gasteiger partial charge in [-0.05, 0) is 25.0 Å². The van der Waals surface area contributed by atoms with E-state index in [0.29, 0.717) is 18.1 Å². The van der Waals surface area contributed by atoms with Crippen LogP contribution in [0.5, 0.6) is 0 Å². The van der Waals surface area contributed by atoms with Crippen LogP contribution >= 0.6 is 0 Å². The fraction of sp³-hybridized carbons (Fsp3) is 0.190. The fourth-order valence-electron chi connectivity index (χ4n) is 2.55. The highest BCUT2D eigenvalue weighted by atomic mass is 16.1. The van der Waals surface area contributed by atoms with Gasteiger partial charge in [0, 0.05) is 12.6 Å². The standard InChI is InChI=1S/C21H22N4O/c1-15-8-10-17(11-9-15)12-24-21(26)19-13-23-20(14-22-19)25-16(2)18-6-4-3-5-7-18/h3-11,13-14,16H,12H2,1-2H3,(H,23,25)(H,24,26). The van der Waals surface area contributed by atoms with Crippen LogP contribution in [0.15, 0.2) is 67.0 Å². The van der Waals surface area contributed by atoms with Gasteiger partial charge < -0.3 is 10.6 Å². The second kappa shape index (κ2) is 8.25. The molecule has 0 aliphatic carbocycles. The molecule has 0 spiro atoms. The molecule has 1 atom stereocenters. The number of nitrogens with zero attached hydrogens (tertiary/aromatic N) is 2. The van der Waals surface area contributed by atoms with E-state index in [1.165, 1.54) is 11.8 Å². The van der Waals surface area contributed by atoms with Crippen molar-refractivity contribution in [2.75, 3.05) is 5.32 Å². The zero-order valence-electron chi connectivity index (χ0n) is 14.9. The van der Waals surface area contributed by atoms with Gasteiger partial charge in [-0.1, -0.05) is 60.2 Å². The first-order valence-corrected chi connectivity index (χ1v) is 8.59. The van der Waals surface area contributed by atoms with E-state index < -0.39 is 0 Å². The van der Waals surface area contributed by atoms with Crippen molar-refractivity contribution in [2.24, 2.45) is 0 Å². The van der Waals surface area contributed by atoms with Gasteiger partial charge in [-0.25, -0.2) is 9.97 Å². The highest BCUT2D eigenvalue weighted by Gasteiger charge is 2.09. The molecule has 0 aliphatic heterocycles. The molecular weight excluding hydrogens is 324 g/mol. The maximum Gasteiger partial charge on any atom is 0.271 e. The molecule has 5 heteroatoms. The van der Waals surface area contributed by atoms with E-state index in [1.807, 2.05) is 49.4 Å². The van der Waals surface area contributed by atoms with Crippen LogP contribution in [-0.4, -0.2) is 15.9 Å². The largest absolute Gasteiger partial charge is 0.362 e. The molecule has 1 aromatic heterocycles. The lowest BCUT2D eigenvalue weighted by atomic mass is 10.1. The number of anilines is 1. The summed E-state index contributed by atoms with van der Waals surface area (Å²) in [6, 6.07) is 18.2. The Bertz CT molecular complexity index is 845. The van der Waals surface area contributed by atoms with Crippen LogP contribution < -0.4 is 10.6 Å². The van der Waals surface area contributed by atoms with Crippen LogP contribution in [0.1, 0.15) is 40.1 Å². The van der Waals surface area contributed by atoms with Crippen molar-refractivity contribution >= 4 is 11.7 Å². The molecule has 3 rings (SSSR count). The first-order chi connectivity index (χ1) is 12.6. The van der Waals surface area contributed by atoms with Crippen molar-refractivity contribution in [2.45, 2.75) is 26.4 Å². The number of hydrogen-bond acceptors (Lipinski definition) is 4. The monoisotopic (exact) mass is 346 g/mol. The van der Waals surface area contributed by atoms with E-state index in [2.05, 4.69) is 39.7 Å². The highest BCUT2D eigenvalue weighted by Crippen LogP contribution is 2.16. The van der Waals surface area contributed by atoms with Gasteiger partial charge in [0.25, 0.3) is 5.91 Å². The van der Waals surface area contributed by atoms with E-state index >= 15 is 0 Å². The predicted octanol–water partition coefficient (Wildman–Crippen LogP) is 3.89. The van der Waals surface area contributed by atoms with E-state index in [1.54, 1.807) is 6.20 Å². The number of hydrogen-bond donors (Lipinski definition) is 2. The minimum Gasteiger partial charge on any atom is -0.362 e. The molecule has 0 saturated carbocycles. The third-order valence-corrected chi connectivity index (χ3v) is 4.12. The second-order valence-electron chi connectivity index (χ2n) is 6.23. The number of carbonyl (C=O) groups is 1. The normalized spacial score (nSPS) is 11.6. The van der Waals surface area contributed by atoms with E-state index in [4.69, 9.17) is 0 Å². The highest BCUT2D eigenvalue weighted by molar-refractivity contribution is 5.91. The predicted molar refractivity (Wildman–Crippen MR) is 103 cm³/mol. The molecule has 2 aromatic carbocycles. The number of benzene rings is 2. The maximum atomic E-state index is 12.2. The molecular formula is C21H22N4O. The van der Waals surface area contributed by atoms with E-state index in [0.717, 1.165) is 11.1 Å². The minimum atomic E-state index is -0.235. The topological polar surface area (TPSA) is 66.9 Å². The number of aryl methyl sites for hydroxylation is 1. The summed E-state index contributed by atoms with van der Waals surface area (Å²) >= 11 is 0. The van der Waals surface area contributed by atoms with Gasteiger partial charge in [0.15, 0.2) is 0 Å². The smallest absolute Gasteiger partial charge is 0.271 e. The molecule has 26 heavy (non-hydrogen) atoms. The Morgan fingerprint density at radius 2 is 1.73 bits per heavy atom. The quantitative estimate of drug-likeness (QED) is 0.711. The van der Waals surface area contributed by atoms with Gasteiger partial charge in [0.2, 0.25) is 0 Å². The van der Waals surface area contributed by atoms with Crippen LogP contribution in [0.3, 0.4) is 0 Å². The third kappa shape index (κ3) is 4.66. The molecule has 5 nitrogen and oxygen atoms in total. The minimum absolute atomic E-state index is 0.103. The first-order valence-electron chi connectivity index (χ1n) is 8.59. The summed E-state index contributed by atoms with van der Waals surface area (Å²) in [6.07, 6.45) is 3.07. The third-order valence-electron chi connectivity index (χ3n) is 4.12. The summed E-state index contributed by atoms with van der Waals surface area (Å²) in [5.41, 5.74) is 3.70. The van der Waals surface area contributed by atoms with Crippen LogP contribution in [0.2, 0.25) is 0 Å². The summed E-state index contributed by atoms with van der Waals surface area (Å²) in [7, 11) is 0. The number of rotatable bonds is 6. The Labute approximate surface area is 153 Å². The Balaban J connectivity index is 1.56. The first kappa shape index (κ1) is 17.6. The van der Waals surface area contributed by atoms with Crippen molar-refractivity contribution in [1.29, 1.82) is 0 Å². The van der Waals surface area contributed by atoms with Crippen LogP contribution in [0.25, 0.3) is 0 Å². The Morgan fingerprint density at radius 1 is 1.00 bits per heavy atom. The number of aromatic nitrogens is 2. The summed E-state index contributed by atoms with van der Waals surface area (Å²) in [6.45, 7) is 4.55. The van der Waals surface area contributed by atoms with Crippen molar-refractivity contribution in [3.63, 3.8) is 0 Å². The molecule has 0 bridgehead atoms. The average molecular weight is 346 g/mol. The van der Waals surface area contributed by atoms with E-state index in [9.17, 15) is 4.79 Å². The number of amides is 1. The Kier molecular flexibility index (Phi) is 5.59. The average Bonchev–Trinajstić information content (AvgIpc) is 2.68. The van der Waals surface area contributed by atoms with Crippen molar-refractivity contribution < 1.29 is 4.79 Å². The second-order valence-corrected chi connectivity index (χ2v) is 6.23. The molecule has 0 radical (unpaired) electrons. The molecule has 1 amide bonds. The molecule has 1 heterocycles. The molecule has 0 fully saturated rings. The summed E-state index contributed by atoms with van der Waals surface area (Å²) < 4.78 is 0. The van der Waals surface area contributed by atoms with Crippen LogP contribution in [0, 0.1) is 6.92 Å². The Hall–Kier alpha value is -3.21. The lowest BCUT2D eigenvalue weighted by Gasteiger charge is -2.14. The summed E-state index contributed by atoms with van der Waals surface area (Å²) in [5.74, 6) is 0.400. The van der Waals surface area contributed by atoms with Crippen molar-refractivity contribution in [3.8, 4) is 0 Å². The maximum absolute atomic E-state index is 12.2. The molecule has 132 valence electrons.